The lowest BCUT2D eigenvalue weighted by atomic mass is 10.1. The van der Waals surface area contributed by atoms with Gasteiger partial charge in [-0.05, 0) is 74.4 Å². The topological polar surface area (TPSA) is 123 Å². The number of hydrazine groups is 1. The van der Waals surface area contributed by atoms with Crippen LogP contribution < -0.4 is 25.0 Å². The van der Waals surface area contributed by atoms with Gasteiger partial charge in [0.05, 0.1) is 7.11 Å². The van der Waals surface area contributed by atoms with E-state index in [1.807, 2.05) is 26.8 Å². The van der Waals surface area contributed by atoms with E-state index >= 15 is 0 Å². The van der Waals surface area contributed by atoms with E-state index < -0.39 is 21.8 Å². The quantitative estimate of drug-likeness (QED) is 0.411. The van der Waals surface area contributed by atoms with Crippen molar-refractivity contribution in [3.8, 4) is 11.5 Å². The van der Waals surface area contributed by atoms with E-state index in [-0.39, 0.29) is 22.8 Å². The van der Waals surface area contributed by atoms with Gasteiger partial charge in [-0.1, -0.05) is 23.8 Å². The maximum Gasteiger partial charge on any atom is 0.276 e. The number of amides is 2. The van der Waals surface area contributed by atoms with Crippen molar-refractivity contribution in [3.63, 3.8) is 0 Å². The van der Waals surface area contributed by atoms with Crippen molar-refractivity contribution in [1.29, 1.82) is 0 Å². The summed E-state index contributed by atoms with van der Waals surface area (Å²) >= 11 is 0. The minimum Gasteiger partial charge on any atom is -0.495 e. The van der Waals surface area contributed by atoms with Crippen LogP contribution in [-0.2, 0) is 14.8 Å². The van der Waals surface area contributed by atoms with Gasteiger partial charge in [0.25, 0.3) is 21.8 Å². The van der Waals surface area contributed by atoms with Crippen molar-refractivity contribution >= 4 is 27.5 Å². The number of hydrogen-bond donors (Lipinski definition) is 3. The normalized spacial score (nSPS) is 10.9. The molecule has 0 aliphatic rings. The summed E-state index contributed by atoms with van der Waals surface area (Å²) < 4.78 is 39.0. The Balaban J connectivity index is 1.66. The standard InChI is InChI=1S/C25H27N3O6S/c1-16-5-8-20(9-6-16)28-35(31,32)23-14-19(7-10-22(23)33-4)25(30)27-26-24(29)15-34-21-12-17(2)11-18(3)13-21/h5-14,28H,15H2,1-4H3,(H,26,29)(H,27,30). The van der Waals surface area contributed by atoms with Gasteiger partial charge in [0, 0.05) is 11.3 Å². The third kappa shape index (κ3) is 6.97. The zero-order chi connectivity index (χ0) is 25.6. The molecule has 0 saturated heterocycles. The van der Waals surface area contributed by atoms with E-state index in [1.54, 1.807) is 36.4 Å². The Morgan fingerprint density at radius 2 is 1.49 bits per heavy atom. The molecule has 184 valence electrons. The summed E-state index contributed by atoms with van der Waals surface area (Å²) in [5.74, 6) is -0.693. The van der Waals surface area contributed by atoms with Crippen molar-refractivity contribution in [2.75, 3.05) is 18.4 Å². The van der Waals surface area contributed by atoms with E-state index in [4.69, 9.17) is 9.47 Å². The lowest BCUT2D eigenvalue weighted by Crippen LogP contribution is -2.43. The number of benzene rings is 3. The summed E-state index contributed by atoms with van der Waals surface area (Å²) in [6.45, 7) is 5.41. The average Bonchev–Trinajstić information content (AvgIpc) is 2.81. The van der Waals surface area contributed by atoms with Crippen LogP contribution in [0.1, 0.15) is 27.0 Å². The number of carbonyl (C=O) groups excluding carboxylic acids is 2. The molecule has 35 heavy (non-hydrogen) atoms. The summed E-state index contributed by atoms with van der Waals surface area (Å²) in [5.41, 5.74) is 7.85. The van der Waals surface area contributed by atoms with Crippen LogP contribution in [-0.4, -0.2) is 33.9 Å². The van der Waals surface area contributed by atoms with Crippen LogP contribution in [0.2, 0.25) is 0 Å². The van der Waals surface area contributed by atoms with Gasteiger partial charge in [0.15, 0.2) is 6.61 Å². The second kappa shape index (κ2) is 10.9. The number of aryl methyl sites for hydroxylation is 3. The molecule has 0 radical (unpaired) electrons. The van der Waals surface area contributed by atoms with Crippen molar-refractivity contribution in [1.82, 2.24) is 10.9 Å². The van der Waals surface area contributed by atoms with Crippen LogP contribution in [0.25, 0.3) is 0 Å². The first-order valence-electron chi connectivity index (χ1n) is 10.7. The Kier molecular flexibility index (Phi) is 7.98. The van der Waals surface area contributed by atoms with E-state index in [1.165, 1.54) is 25.3 Å². The molecule has 0 aliphatic heterocycles. The van der Waals surface area contributed by atoms with E-state index in [0.29, 0.717) is 11.4 Å². The minimum atomic E-state index is -4.06. The maximum absolute atomic E-state index is 13.0. The molecule has 0 unspecified atom stereocenters. The number of sulfonamides is 1. The largest absolute Gasteiger partial charge is 0.495 e. The number of ether oxygens (including phenoxy) is 2. The summed E-state index contributed by atoms with van der Waals surface area (Å²) in [6, 6.07) is 16.3. The van der Waals surface area contributed by atoms with E-state index in [2.05, 4.69) is 15.6 Å². The Hall–Kier alpha value is -4.05. The van der Waals surface area contributed by atoms with E-state index in [0.717, 1.165) is 16.7 Å². The molecule has 0 saturated carbocycles. The molecule has 0 spiro atoms. The van der Waals surface area contributed by atoms with Gasteiger partial charge in [-0.25, -0.2) is 8.42 Å². The molecule has 3 N–H and O–H groups in total. The van der Waals surface area contributed by atoms with Gasteiger partial charge < -0.3 is 9.47 Å². The first-order chi connectivity index (χ1) is 16.6. The zero-order valence-corrected chi connectivity index (χ0v) is 20.7. The highest BCUT2D eigenvalue weighted by molar-refractivity contribution is 7.92. The molecule has 0 aliphatic carbocycles. The Labute approximate surface area is 204 Å². The van der Waals surface area contributed by atoms with Gasteiger partial charge in [0.1, 0.15) is 16.4 Å². The molecule has 0 atom stereocenters. The maximum atomic E-state index is 13.0. The molecular weight excluding hydrogens is 470 g/mol. The van der Waals surface area contributed by atoms with Gasteiger partial charge in [-0.15, -0.1) is 0 Å². The number of methoxy groups -OCH3 is 1. The zero-order valence-electron chi connectivity index (χ0n) is 19.8. The van der Waals surface area contributed by atoms with Gasteiger partial charge in [-0.2, -0.15) is 0 Å². The van der Waals surface area contributed by atoms with Gasteiger partial charge in [0.2, 0.25) is 0 Å². The van der Waals surface area contributed by atoms with Gasteiger partial charge >= 0.3 is 0 Å². The Bertz CT molecular complexity index is 1320. The molecule has 2 amide bonds. The fraction of sp³-hybridized carbons (Fsp3) is 0.200. The molecular formula is C25H27N3O6S. The average molecular weight is 498 g/mol. The van der Waals surface area contributed by atoms with Crippen LogP contribution in [0.3, 0.4) is 0 Å². The molecule has 9 nitrogen and oxygen atoms in total. The molecule has 0 fully saturated rings. The first kappa shape index (κ1) is 25.6. The smallest absolute Gasteiger partial charge is 0.276 e. The van der Waals surface area contributed by atoms with E-state index in [9.17, 15) is 18.0 Å². The van der Waals surface area contributed by atoms with Crippen LogP contribution in [0.4, 0.5) is 5.69 Å². The predicted molar refractivity (Wildman–Crippen MR) is 132 cm³/mol. The highest BCUT2D eigenvalue weighted by Gasteiger charge is 2.22. The number of nitrogens with one attached hydrogen (secondary N) is 3. The molecule has 3 rings (SSSR count). The summed E-state index contributed by atoms with van der Waals surface area (Å²) in [6.07, 6.45) is 0. The monoisotopic (exact) mass is 497 g/mol. The summed E-state index contributed by atoms with van der Waals surface area (Å²) in [7, 11) is -2.74. The summed E-state index contributed by atoms with van der Waals surface area (Å²) in [5, 5.41) is 0. The Morgan fingerprint density at radius 1 is 0.829 bits per heavy atom. The number of carbonyl (C=O) groups is 2. The van der Waals surface area contributed by atoms with Crippen LogP contribution in [0.15, 0.2) is 65.6 Å². The third-order valence-electron chi connectivity index (χ3n) is 4.90. The fourth-order valence-corrected chi connectivity index (χ4v) is 4.51. The van der Waals surface area contributed by atoms with Crippen molar-refractivity contribution < 1.29 is 27.5 Å². The van der Waals surface area contributed by atoms with Crippen LogP contribution in [0.5, 0.6) is 11.5 Å². The van der Waals surface area contributed by atoms with Crippen LogP contribution in [0, 0.1) is 20.8 Å². The molecule has 3 aromatic rings. The highest BCUT2D eigenvalue weighted by Crippen LogP contribution is 2.27. The molecule has 10 heteroatoms. The third-order valence-corrected chi connectivity index (χ3v) is 6.30. The highest BCUT2D eigenvalue weighted by atomic mass is 32.2. The molecule has 0 bridgehead atoms. The fourth-order valence-electron chi connectivity index (χ4n) is 3.26. The predicted octanol–water partition coefficient (Wildman–Crippen LogP) is 3.26. The Morgan fingerprint density at radius 3 is 2.11 bits per heavy atom. The van der Waals surface area contributed by atoms with Crippen molar-refractivity contribution in [2.45, 2.75) is 25.7 Å². The number of rotatable bonds is 8. The second-order valence-electron chi connectivity index (χ2n) is 7.95. The van der Waals surface area contributed by atoms with Crippen LogP contribution >= 0.6 is 0 Å². The van der Waals surface area contributed by atoms with Gasteiger partial charge in [-0.3, -0.25) is 25.2 Å². The number of hydrogen-bond acceptors (Lipinski definition) is 6. The molecule has 0 aromatic heterocycles. The minimum absolute atomic E-state index is 0.00519. The lowest BCUT2D eigenvalue weighted by Gasteiger charge is -2.14. The summed E-state index contributed by atoms with van der Waals surface area (Å²) in [4.78, 5) is 24.4. The molecule has 3 aromatic carbocycles. The lowest BCUT2D eigenvalue weighted by molar-refractivity contribution is -0.123. The molecule has 0 heterocycles. The first-order valence-corrected chi connectivity index (χ1v) is 12.1. The second-order valence-corrected chi connectivity index (χ2v) is 9.60. The SMILES string of the molecule is COc1ccc(C(=O)NNC(=O)COc2cc(C)cc(C)c2)cc1S(=O)(=O)Nc1ccc(C)cc1. The van der Waals surface area contributed by atoms with Crippen molar-refractivity contribution in [3.05, 3.63) is 82.9 Å². The van der Waals surface area contributed by atoms with Crippen molar-refractivity contribution in [2.24, 2.45) is 0 Å². The number of anilines is 1.